The molecule has 0 aliphatic heterocycles. The molecule has 2 fully saturated rings. The minimum atomic E-state index is -0.790. The molecule has 4 heterocycles. The van der Waals surface area contributed by atoms with Crippen LogP contribution in [0.4, 0.5) is 4.79 Å². The number of fused-ring (bicyclic) bond motifs is 2. The number of benzene rings is 4. The van der Waals surface area contributed by atoms with E-state index in [1.807, 2.05) is 130 Å². The van der Waals surface area contributed by atoms with E-state index in [1.165, 1.54) is 21.2 Å². The summed E-state index contributed by atoms with van der Waals surface area (Å²) in [4.78, 5) is 70.4. The molecule has 71 heavy (non-hydrogen) atoms. The maximum Gasteiger partial charge on any atom is 0.408 e. The highest BCUT2D eigenvalue weighted by atomic mass is 16.6. The van der Waals surface area contributed by atoms with E-state index in [9.17, 15) is 24.0 Å². The summed E-state index contributed by atoms with van der Waals surface area (Å²) in [6.07, 6.45) is 5.22. The zero-order valence-electron chi connectivity index (χ0n) is 39.3. The van der Waals surface area contributed by atoms with Crippen LogP contribution < -0.4 is 34.0 Å². The number of carbonyl (C=O) groups excluding carboxylic acids is 5. The molecule has 360 valence electrons. The molecule has 0 saturated heterocycles. The fourth-order valence-electron chi connectivity index (χ4n) is 9.03. The van der Waals surface area contributed by atoms with Crippen LogP contribution in [0, 0.1) is 0 Å². The molecule has 0 bridgehead atoms. The lowest BCUT2D eigenvalue weighted by atomic mass is 9.71. The molecule has 18 heteroatoms. The van der Waals surface area contributed by atoms with Crippen molar-refractivity contribution in [2.24, 2.45) is 28.7 Å². The zero-order chi connectivity index (χ0) is 50.4. The van der Waals surface area contributed by atoms with Crippen LogP contribution in [0.25, 0.3) is 56.3 Å². The Morgan fingerprint density at radius 1 is 0.549 bits per heavy atom. The summed E-state index contributed by atoms with van der Waals surface area (Å²) in [6.45, 7) is 5.50. The lowest BCUT2D eigenvalue weighted by molar-refractivity contribution is 0.0377. The molecule has 5 amide bonds. The predicted molar refractivity (Wildman–Crippen MR) is 266 cm³/mol. The maximum absolute atomic E-state index is 12.6. The molecular weight excluding hydrogens is 901 g/mol. The number of alkyl carbamates (subject to hydrolysis) is 1. The van der Waals surface area contributed by atoms with Crippen molar-refractivity contribution in [1.29, 1.82) is 0 Å². The SMILES string of the molecule is CC(C)(C)OC(=O)NC1(c2ccc(-c3nc4c(C(N)=O)cc(C(N)=O)nn4c3-c3ccccc3)cc2)CCC1.NC(=O)c1cc(C(N)=O)c2nc(-c3ccc(C4(N)CCC4)cc3)c(-c3ccccc3)n2n1. The second kappa shape index (κ2) is 18.3. The van der Waals surface area contributed by atoms with Crippen molar-refractivity contribution in [3.63, 3.8) is 0 Å². The Kier molecular flexibility index (Phi) is 12.2. The van der Waals surface area contributed by atoms with Gasteiger partial charge >= 0.3 is 6.09 Å². The normalized spacial score (nSPS) is 14.6. The molecule has 0 radical (unpaired) electrons. The van der Waals surface area contributed by atoms with Gasteiger partial charge in [0, 0.05) is 27.8 Å². The Hall–Kier alpha value is -8.77. The predicted octanol–water partition coefficient (Wildman–Crippen LogP) is 6.76. The van der Waals surface area contributed by atoms with E-state index in [0.29, 0.717) is 22.8 Å². The van der Waals surface area contributed by atoms with Gasteiger partial charge in [0.1, 0.15) is 28.4 Å². The number of ether oxygens (including phenoxy) is 1. The topological polar surface area (TPSA) is 297 Å². The lowest BCUT2D eigenvalue weighted by Crippen LogP contribution is -2.52. The van der Waals surface area contributed by atoms with Crippen molar-refractivity contribution in [2.75, 3.05) is 0 Å². The number of nitrogens with one attached hydrogen (secondary N) is 1. The number of nitrogens with zero attached hydrogens (tertiary/aromatic N) is 6. The van der Waals surface area contributed by atoms with E-state index in [4.69, 9.17) is 43.4 Å². The third-order valence-electron chi connectivity index (χ3n) is 12.9. The minimum absolute atomic E-state index is 0.0360. The fraction of sp³-hybridized carbons (Fsp3) is 0.226. The van der Waals surface area contributed by atoms with E-state index < -0.39 is 40.9 Å². The first-order chi connectivity index (χ1) is 33.8. The average molecular weight is 953 g/mol. The number of carbonyl (C=O) groups is 5. The number of amides is 5. The zero-order valence-corrected chi connectivity index (χ0v) is 39.3. The first-order valence-electron chi connectivity index (χ1n) is 23.0. The van der Waals surface area contributed by atoms with Crippen molar-refractivity contribution in [2.45, 2.75) is 76.0 Å². The van der Waals surface area contributed by atoms with Gasteiger partial charge in [0.05, 0.1) is 28.1 Å². The molecule has 0 atom stereocenters. The smallest absolute Gasteiger partial charge is 0.408 e. The van der Waals surface area contributed by atoms with E-state index in [1.54, 1.807) is 0 Å². The molecule has 10 rings (SSSR count). The monoisotopic (exact) mass is 952 g/mol. The second-order valence-electron chi connectivity index (χ2n) is 18.9. The maximum atomic E-state index is 12.6. The van der Waals surface area contributed by atoms with Gasteiger partial charge in [0.2, 0.25) is 0 Å². The Morgan fingerprint density at radius 2 is 0.958 bits per heavy atom. The molecule has 2 aliphatic rings. The molecule has 2 saturated carbocycles. The standard InChI is InChI=1S/C29H30N6O4.C24H22N6O2/c1-28(2,3)39-27(38)33-29(14-7-15-29)19-12-10-17(11-13-19)22-23(18-8-5-4-6-9-18)35-26(32-22)20(24(30)36)16-21(34-35)25(31)37;25-21(31)17-13-18(22(26)32)29-30-20(15-5-2-1-3-6-15)19(28-23(17)30)14-7-9-16(10-8-14)24(27)11-4-12-24/h4-6,8-13,16H,7,14-15H2,1-3H3,(H2,30,36)(H2,31,37)(H,33,38);1-3,5-10,13H,4,11-12,27H2,(H2,25,31)(H2,26,32). The van der Waals surface area contributed by atoms with Crippen molar-refractivity contribution in [3.8, 4) is 45.0 Å². The Bertz CT molecular complexity index is 3390. The Balaban J connectivity index is 0.000000179. The van der Waals surface area contributed by atoms with E-state index in [-0.39, 0.29) is 39.3 Å². The quantitative estimate of drug-likeness (QED) is 0.0787. The highest BCUT2D eigenvalue weighted by Gasteiger charge is 2.41. The molecule has 18 nitrogen and oxygen atoms in total. The van der Waals surface area contributed by atoms with Crippen molar-refractivity contribution >= 4 is 41.0 Å². The summed E-state index contributed by atoms with van der Waals surface area (Å²) < 4.78 is 8.41. The number of hydrogen-bond donors (Lipinski definition) is 6. The Labute approximate surface area is 407 Å². The Morgan fingerprint density at radius 3 is 1.30 bits per heavy atom. The van der Waals surface area contributed by atoms with Crippen molar-refractivity contribution in [3.05, 3.63) is 155 Å². The largest absolute Gasteiger partial charge is 0.444 e. The van der Waals surface area contributed by atoms with Crippen LogP contribution in [0.2, 0.25) is 0 Å². The molecule has 2 aliphatic carbocycles. The number of primary amides is 4. The number of imidazole rings is 2. The number of hydrogen-bond acceptors (Lipinski definition) is 11. The van der Waals surface area contributed by atoms with Crippen LogP contribution in [-0.4, -0.2) is 64.5 Å². The van der Waals surface area contributed by atoms with Gasteiger partial charge in [-0.05, 0) is 82.6 Å². The van der Waals surface area contributed by atoms with E-state index >= 15 is 0 Å². The highest BCUT2D eigenvalue weighted by Crippen LogP contribution is 2.43. The molecule has 4 aromatic heterocycles. The lowest BCUT2D eigenvalue weighted by Gasteiger charge is -2.43. The van der Waals surface area contributed by atoms with Gasteiger partial charge in [-0.2, -0.15) is 10.2 Å². The van der Waals surface area contributed by atoms with Gasteiger partial charge in [-0.1, -0.05) is 109 Å². The molecule has 4 aromatic carbocycles. The highest BCUT2D eigenvalue weighted by molar-refractivity contribution is 6.04. The van der Waals surface area contributed by atoms with Gasteiger partial charge in [0.15, 0.2) is 11.3 Å². The minimum Gasteiger partial charge on any atom is -0.444 e. The molecule has 11 N–H and O–H groups in total. The summed E-state index contributed by atoms with van der Waals surface area (Å²) in [5, 5.41) is 11.8. The van der Waals surface area contributed by atoms with Crippen LogP contribution in [-0.2, 0) is 15.8 Å². The third kappa shape index (κ3) is 9.15. The molecular formula is C53H52N12O6. The summed E-state index contributed by atoms with van der Waals surface area (Å²) in [5.41, 5.74) is 35.3. The van der Waals surface area contributed by atoms with Crippen LogP contribution in [0.5, 0.6) is 0 Å². The van der Waals surface area contributed by atoms with Crippen LogP contribution in [0.3, 0.4) is 0 Å². The number of rotatable bonds is 11. The van der Waals surface area contributed by atoms with Crippen LogP contribution >= 0.6 is 0 Å². The fourth-order valence-corrected chi connectivity index (χ4v) is 9.03. The van der Waals surface area contributed by atoms with E-state index in [0.717, 1.165) is 71.9 Å². The molecule has 8 aromatic rings. The average Bonchev–Trinajstić information content (AvgIpc) is 3.91. The van der Waals surface area contributed by atoms with Gasteiger partial charge in [-0.25, -0.2) is 23.8 Å². The number of aromatic nitrogens is 6. The van der Waals surface area contributed by atoms with Crippen LogP contribution in [0.1, 0.15) is 112 Å². The van der Waals surface area contributed by atoms with Gasteiger partial charge in [-0.15, -0.1) is 0 Å². The summed E-state index contributed by atoms with van der Waals surface area (Å²) >= 11 is 0. The molecule has 0 unspecified atom stereocenters. The van der Waals surface area contributed by atoms with Crippen molar-refractivity contribution in [1.82, 2.24) is 34.5 Å². The van der Waals surface area contributed by atoms with E-state index in [2.05, 4.69) is 15.5 Å². The summed E-state index contributed by atoms with van der Waals surface area (Å²) in [7, 11) is 0. The molecule has 0 spiro atoms. The van der Waals surface area contributed by atoms with Crippen molar-refractivity contribution < 1.29 is 28.7 Å². The second-order valence-corrected chi connectivity index (χ2v) is 18.9. The first-order valence-corrected chi connectivity index (χ1v) is 23.0. The summed E-state index contributed by atoms with van der Waals surface area (Å²) in [6, 6.07) is 37.2. The third-order valence-corrected chi connectivity index (χ3v) is 12.9. The summed E-state index contributed by atoms with van der Waals surface area (Å²) in [5.74, 6) is -3.03. The van der Waals surface area contributed by atoms with Crippen LogP contribution in [0.15, 0.2) is 121 Å². The first kappa shape index (κ1) is 47.3. The van der Waals surface area contributed by atoms with Gasteiger partial charge in [0.25, 0.3) is 23.6 Å². The number of nitrogens with two attached hydrogens (primary N) is 5. The van der Waals surface area contributed by atoms with Gasteiger partial charge in [-0.3, -0.25) is 19.2 Å². The van der Waals surface area contributed by atoms with Gasteiger partial charge < -0.3 is 38.7 Å².